The van der Waals surface area contributed by atoms with Crippen molar-refractivity contribution >= 4 is 0 Å². The first-order valence-corrected chi connectivity index (χ1v) is 5.57. The molecular weight excluding hydrogens is 162 g/mol. The Balaban J connectivity index is 2.12. The first-order chi connectivity index (χ1) is 6.22. The van der Waals surface area contributed by atoms with Crippen LogP contribution >= 0.6 is 0 Å². The highest BCUT2D eigenvalue weighted by Gasteiger charge is 2.24. The van der Waals surface area contributed by atoms with Gasteiger partial charge in [0.05, 0.1) is 6.10 Å². The fraction of sp³-hybridized carbons (Fsp3) is 1.00. The smallest absolute Gasteiger partial charge is 0.0714 e. The SMILES string of the molecule is CCCO[C@H]1CN[C@H](CC(C)C)C1. The molecule has 0 spiro atoms. The zero-order valence-electron chi connectivity index (χ0n) is 9.18. The monoisotopic (exact) mass is 185 g/mol. The summed E-state index contributed by atoms with van der Waals surface area (Å²) in [5, 5.41) is 3.52. The van der Waals surface area contributed by atoms with E-state index < -0.39 is 0 Å². The minimum absolute atomic E-state index is 0.476. The molecule has 1 heterocycles. The molecule has 0 aromatic heterocycles. The Morgan fingerprint density at radius 1 is 1.46 bits per heavy atom. The predicted octanol–water partition coefficient (Wildman–Crippen LogP) is 2.19. The number of rotatable bonds is 5. The highest BCUT2D eigenvalue weighted by atomic mass is 16.5. The molecule has 0 aliphatic carbocycles. The summed E-state index contributed by atoms with van der Waals surface area (Å²) in [6.07, 6.45) is 4.10. The quantitative estimate of drug-likeness (QED) is 0.709. The van der Waals surface area contributed by atoms with Gasteiger partial charge < -0.3 is 10.1 Å². The first-order valence-electron chi connectivity index (χ1n) is 5.57. The van der Waals surface area contributed by atoms with E-state index in [-0.39, 0.29) is 0 Å². The Bertz CT molecular complexity index is 136. The van der Waals surface area contributed by atoms with Crippen LogP contribution in [0.5, 0.6) is 0 Å². The van der Waals surface area contributed by atoms with Gasteiger partial charge in [-0.25, -0.2) is 0 Å². The average molecular weight is 185 g/mol. The van der Waals surface area contributed by atoms with Gasteiger partial charge in [0.15, 0.2) is 0 Å². The third kappa shape index (κ3) is 4.10. The van der Waals surface area contributed by atoms with Crippen molar-refractivity contribution in [2.75, 3.05) is 13.2 Å². The molecule has 2 atom stereocenters. The van der Waals surface area contributed by atoms with Crippen LogP contribution < -0.4 is 5.32 Å². The van der Waals surface area contributed by atoms with E-state index in [1.807, 2.05) is 0 Å². The highest BCUT2D eigenvalue weighted by molar-refractivity contribution is 4.82. The molecule has 13 heavy (non-hydrogen) atoms. The number of hydrogen-bond acceptors (Lipinski definition) is 2. The van der Waals surface area contributed by atoms with Crippen molar-refractivity contribution in [1.82, 2.24) is 5.32 Å². The standard InChI is InChI=1S/C11H23NO/c1-4-5-13-11-7-10(12-8-11)6-9(2)3/h9-12H,4-8H2,1-3H3/t10-,11-/m1/s1. The normalized spacial score (nSPS) is 28.6. The topological polar surface area (TPSA) is 21.3 Å². The molecule has 0 aromatic carbocycles. The third-order valence-corrected chi connectivity index (χ3v) is 2.50. The predicted molar refractivity (Wildman–Crippen MR) is 55.9 cm³/mol. The van der Waals surface area contributed by atoms with Gasteiger partial charge in [-0.2, -0.15) is 0 Å². The van der Waals surface area contributed by atoms with Gasteiger partial charge in [0.1, 0.15) is 0 Å². The second kappa shape index (κ2) is 5.61. The number of hydrogen-bond donors (Lipinski definition) is 1. The van der Waals surface area contributed by atoms with Crippen molar-refractivity contribution in [3.05, 3.63) is 0 Å². The maximum Gasteiger partial charge on any atom is 0.0714 e. The Morgan fingerprint density at radius 2 is 2.23 bits per heavy atom. The lowest BCUT2D eigenvalue weighted by atomic mass is 10.0. The Hall–Kier alpha value is -0.0800. The van der Waals surface area contributed by atoms with Crippen LogP contribution in [0.2, 0.25) is 0 Å². The Morgan fingerprint density at radius 3 is 2.85 bits per heavy atom. The highest BCUT2D eigenvalue weighted by Crippen LogP contribution is 2.17. The summed E-state index contributed by atoms with van der Waals surface area (Å²) in [4.78, 5) is 0. The molecule has 0 bridgehead atoms. The molecule has 0 radical (unpaired) electrons. The van der Waals surface area contributed by atoms with Crippen molar-refractivity contribution in [2.45, 2.75) is 52.2 Å². The summed E-state index contributed by atoms with van der Waals surface area (Å²) in [5.41, 5.74) is 0. The van der Waals surface area contributed by atoms with Crippen LogP contribution in [0, 0.1) is 5.92 Å². The second-order valence-corrected chi connectivity index (χ2v) is 4.46. The molecule has 1 N–H and O–H groups in total. The lowest BCUT2D eigenvalue weighted by Gasteiger charge is -2.13. The van der Waals surface area contributed by atoms with Crippen molar-refractivity contribution in [3.63, 3.8) is 0 Å². The third-order valence-electron chi connectivity index (χ3n) is 2.50. The molecule has 1 saturated heterocycles. The van der Waals surface area contributed by atoms with Gasteiger partial charge in [-0.05, 0) is 25.2 Å². The minimum atomic E-state index is 0.476. The minimum Gasteiger partial charge on any atom is -0.377 e. The van der Waals surface area contributed by atoms with Crippen molar-refractivity contribution in [2.24, 2.45) is 5.92 Å². The molecule has 1 aliphatic rings. The van der Waals surface area contributed by atoms with Gasteiger partial charge in [0.2, 0.25) is 0 Å². The van der Waals surface area contributed by atoms with Gasteiger partial charge in [-0.3, -0.25) is 0 Å². The van der Waals surface area contributed by atoms with E-state index in [0.717, 1.165) is 25.5 Å². The summed E-state index contributed by atoms with van der Waals surface area (Å²) in [5.74, 6) is 0.794. The Labute approximate surface area is 82.0 Å². The lowest BCUT2D eigenvalue weighted by Crippen LogP contribution is -2.23. The van der Waals surface area contributed by atoms with E-state index in [1.54, 1.807) is 0 Å². The van der Waals surface area contributed by atoms with Crippen LogP contribution in [0.25, 0.3) is 0 Å². The number of nitrogens with one attached hydrogen (secondary N) is 1. The molecule has 1 rings (SSSR count). The van der Waals surface area contributed by atoms with Crippen LogP contribution in [-0.2, 0) is 4.74 Å². The second-order valence-electron chi connectivity index (χ2n) is 4.46. The molecule has 0 saturated carbocycles. The summed E-state index contributed by atoms with van der Waals surface area (Å²) in [6, 6.07) is 0.696. The van der Waals surface area contributed by atoms with E-state index >= 15 is 0 Å². The summed E-state index contributed by atoms with van der Waals surface area (Å²) in [6.45, 7) is 8.69. The summed E-state index contributed by atoms with van der Waals surface area (Å²) >= 11 is 0. The lowest BCUT2D eigenvalue weighted by molar-refractivity contribution is 0.0655. The maximum absolute atomic E-state index is 5.70. The van der Waals surface area contributed by atoms with Gasteiger partial charge in [-0.1, -0.05) is 20.8 Å². The maximum atomic E-state index is 5.70. The zero-order valence-corrected chi connectivity index (χ0v) is 9.18. The van der Waals surface area contributed by atoms with E-state index in [9.17, 15) is 0 Å². The largest absolute Gasteiger partial charge is 0.377 e. The van der Waals surface area contributed by atoms with Crippen LogP contribution in [0.1, 0.15) is 40.0 Å². The van der Waals surface area contributed by atoms with Gasteiger partial charge in [-0.15, -0.1) is 0 Å². The van der Waals surface area contributed by atoms with Gasteiger partial charge in [0, 0.05) is 19.2 Å². The van der Waals surface area contributed by atoms with Crippen molar-refractivity contribution in [3.8, 4) is 0 Å². The Kier molecular flexibility index (Phi) is 4.74. The van der Waals surface area contributed by atoms with Crippen LogP contribution in [0.3, 0.4) is 0 Å². The molecule has 0 aromatic rings. The molecule has 0 amide bonds. The zero-order chi connectivity index (χ0) is 9.68. The fourth-order valence-corrected chi connectivity index (χ4v) is 1.94. The van der Waals surface area contributed by atoms with Crippen LogP contribution in [0.15, 0.2) is 0 Å². The van der Waals surface area contributed by atoms with E-state index in [2.05, 4.69) is 26.1 Å². The van der Waals surface area contributed by atoms with Crippen molar-refractivity contribution in [1.29, 1.82) is 0 Å². The van der Waals surface area contributed by atoms with Crippen LogP contribution in [0.4, 0.5) is 0 Å². The molecular formula is C11H23NO. The average Bonchev–Trinajstić information content (AvgIpc) is 2.48. The molecule has 1 aliphatic heterocycles. The van der Waals surface area contributed by atoms with Gasteiger partial charge >= 0.3 is 0 Å². The molecule has 78 valence electrons. The summed E-state index contributed by atoms with van der Waals surface area (Å²) < 4.78 is 5.70. The molecule has 2 heteroatoms. The molecule has 1 fully saturated rings. The molecule has 0 unspecified atom stereocenters. The summed E-state index contributed by atoms with van der Waals surface area (Å²) in [7, 11) is 0. The van der Waals surface area contributed by atoms with E-state index in [1.165, 1.54) is 12.8 Å². The van der Waals surface area contributed by atoms with E-state index in [4.69, 9.17) is 4.74 Å². The van der Waals surface area contributed by atoms with Crippen molar-refractivity contribution < 1.29 is 4.74 Å². The van der Waals surface area contributed by atoms with Crippen LogP contribution in [-0.4, -0.2) is 25.3 Å². The fourth-order valence-electron chi connectivity index (χ4n) is 1.94. The van der Waals surface area contributed by atoms with E-state index in [0.29, 0.717) is 12.1 Å². The molecule has 2 nitrogen and oxygen atoms in total. The van der Waals surface area contributed by atoms with Gasteiger partial charge in [0.25, 0.3) is 0 Å². The first kappa shape index (κ1) is 11.0. The number of ether oxygens (including phenoxy) is 1.